The molecule has 134 valence electrons. The molecule has 6 nitrogen and oxygen atoms in total. The number of amides is 1. The zero-order valence-electron chi connectivity index (χ0n) is 14.6. The van der Waals surface area contributed by atoms with Crippen LogP contribution in [-0.2, 0) is 14.3 Å². The first-order chi connectivity index (χ1) is 11.9. The summed E-state index contributed by atoms with van der Waals surface area (Å²) >= 11 is 0. The maximum Gasteiger partial charge on any atom is 0.311 e. The highest BCUT2D eigenvalue weighted by atomic mass is 16.5. The number of fused-ring (bicyclic) bond motifs is 2. The van der Waals surface area contributed by atoms with E-state index in [-0.39, 0.29) is 24.3 Å². The van der Waals surface area contributed by atoms with Gasteiger partial charge in [0.05, 0.1) is 12.0 Å². The summed E-state index contributed by atoms with van der Waals surface area (Å²) in [7, 11) is 0. The van der Waals surface area contributed by atoms with Crippen molar-refractivity contribution >= 4 is 11.9 Å². The van der Waals surface area contributed by atoms with Crippen LogP contribution in [0, 0.1) is 25.2 Å². The number of benzene rings is 1. The number of carbonyl (C=O) groups excluding carboxylic acids is 1. The second-order valence-corrected chi connectivity index (χ2v) is 7.54. The summed E-state index contributed by atoms with van der Waals surface area (Å²) in [6.07, 6.45) is 0.465. The fraction of sp³-hybridized carbons (Fsp3) is 0.579. The minimum Gasteiger partial charge on any atom is -0.492 e. The maximum atomic E-state index is 13.1. The van der Waals surface area contributed by atoms with Gasteiger partial charge in [0.2, 0.25) is 5.91 Å². The molecule has 1 N–H and O–H groups in total. The summed E-state index contributed by atoms with van der Waals surface area (Å²) in [4.78, 5) is 26.8. The van der Waals surface area contributed by atoms with Crippen molar-refractivity contribution in [2.24, 2.45) is 11.3 Å². The predicted molar refractivity (Wildman–Crippen MR) is 89.7 cm³/mol. The van der Waals surface area contributed by atoms with E-state index in [0.717, 1.165) is 22.4 Å². The van der Waals surface area contributed by atoms with E-state index in [4.69, 9.17) is 9.47 Å². The number of likely N-dealkylation sites (tertiary alicyclic amines) is 1. The van der Waals surface area contributed by atoms with Gasteiger partial charge in [0.25, 0.3) is 0 Å². The largest absolute Gasteiger partial charge is 0.492 e. The number of carboxylic acid groups (broad SMARTS) is 1. The fourth-order valence-corrected chi connectivity index (χ4v) is 4.36. The first kappa shape index (κ1) is 16.4. The van der Waals surface area contributed by atoms with E-state index in [2.05, 4.69) is 0 Å². The van der Waals surface area contributed by atoms with Crippen LogP contribution >= 0.6 is 0 Å². The highest BCUT2D eigenvalue weighted by Crippen LogP contribution is 2.44. The van der Waals surface area contributed by atoms with E-state index in [1.54, 1.807) is 4.90 Å². The Balaban J connectivity index is 1.60. The Morgan fingerprint density at radius 1 is 1.24 bits per heavy atom. The van der Waals surface area contributed by atoms with Crippen LogP contribution in [0.3, 0.4) is 0 Å². The van der Waals surface area contributed by atoms with Gasteiger partial charge in [-0.1, -0.05) is 6.07 Å². The van der Waals surface area contributed by atoms with E-state index < -0.39 is 11.4 Å². The first-order valence-corrected chi connectivity index (χ1v) is 8.76. The van der Waals surface area contributed by atoms with Gasteiger partial charge in [-0.05, 0) is 37.5 Å². The van der Waals surface area contributed by atoms with Gasteiger partial charge < -0.3 is 19.5 Å². The zero-order valence-corrected chi connectivity index (χ0v) is 14.6. The number of hydrogen-bond donors (Lipinski definition) is 1. The van der Waals surface area contributed by atoms with E-state index in [9.17, 15) is 14.7 Å². The van der Waals surface area contributed by atoms with Gasteiger partial charge in [0, 0.05) is 31.2 Å². The molecule has 0 saturated carbocycles. The SMILES string of the molecule is Cc1cc2c(cc1C)C(C(=O)N1C[C@H]3COCC[C@@]3(C(=O)O)C1)CO2. The van der Waals surface area contributed by atoms with E-state index in [1.165, 1.54) is 0 Å². The maximum absolute atomic E-state index is 13.1. The topological polar surface area (TPSA) is 76.1 Å². The lowest BCUT2D eigenvalue weighted by Crippen LogP contribution is -2.45. The Morgan fingerprint density at radius 2 is 2.00 bits per heavy atom. The smallest absolute Gasteiger partial charge is 0.311 e. The standard InChI is InChI=1S/C19H23NO5/c1-11-5-14-15(9-25-16(14)6-12(11)2)17(21)20-7-13-8-24-4-3-19(13,10-20)18(22)23/h5-6,13,15H,3-4,7-10H2,1-2H3,(H,22,23)/t13-,15?,19+/m0/s1. The van der Waals surface area contributed by atoms with Crippen LogP contribution in [0.5, 0.6) is 5.75 Å². The molecule has 0 radical (unpaired) electrons. The predicted octanol–water partition coefficient (Wildman–Crippen LogP) is 1.73. The number of hydrogen-bond acceptors (Lipinski definition) is 4. The van der Waals surface area contributed by atoms with E-state index >= 15 is 0 Å². The molecule has 6 heteroatoms. The molecule has 3 atom stereocenters. The summed E-state index contributed by atoms with van der Waals surface area (Å²) < 4.78 is 11.2. The van der Waals surface area contributed by atoms with Crippen molar-refractivity contribution in [1.29, 1.82) is 0 Å². The molecule has 0 aromatic heterocycles. The third kappa shape index (κ3) is 2.42. The molecule has 25 heavy (non-hydrogen) atoms. The fourth-order valence-electron chi connectivity index (χ4n) is 4.36. The quantitative estimate of drug-likeness (QED) is 0.883. The van der Waals surface area contributed by atoms with Crippen molar-refractivity contribution in [2.45, 2.75) is 26.2 Å². The van der Waals surface area contributed by atoms with Gasteiger partial charge in [0.1, 0.15) is 18.3 Å². The minimum absolute atomic E-state index is 0.0305. The highest BCUT2D eigenvalue weighted by molar-refractivity contribution is 5.87. The van der Waals surface area contributed by atoms with Gasteiger partial charge in [0.15, 0.2) is 0 Å². The molecule has 0 bridgehead atoms. The normalized spacial score (nSPS) is 30.6. The molecule has 4 rings (SSSR count). The van der Waals surface area contributed by atoms with Gasteiger partial charge in [-0.2, -0.15) is 0 Å². The molecule has 1 aromatic rings. The molecule has 3 aliphatic rings. The molecule has 0 spiro atoms. The molecular formula is C19H23NO5. The lowest BCUT2D eigenvalue weighted by Gasteiger charge is -2.33. The van der Waals surface area contributed by atoms with Crippen molar-refractivity contribution in [3.05, 3.63) is 28.8 Å². The Bertz CT molecular complexity index is 746. The molecule has 0 aliphatic carbocycles. The van der Waals surface area contributed by atoms with Gasteiger partial charge >= 0.3 is 5.97 Å². The highest BCUT2D eigenvalue weighted by Gasteiger charge is 2.55. The van der Waals surface area contributed by atoms with Gasteiger partial charge in [-0.25, -0.2) is 0 Å². The van der Waals surface area contributed by atoms with Crippen LogP contribution < -0.4 is 4.74 Å². The third-order valence-corrected chi connectivity index (χ3v) is 6.15. The summed E-state index contributed by atoms with van der Waals surface area (Å²) in [5.41, 5.74) is 2.33. The van der Waals surface area contributed by atoms with Crippen LogP contribution in [0.25, 0.3) is 0 Å². The summed E-state index contributed by atoms with van der Waals surface area (Å²) in [5.74, 6) is -0.553. The number of rotatable bonds is 2. The van der Waals surface area contributed by atoms with Crippen LogP contribution in [0.15, 0.2) is 12.1 Å². The lowest BCUT2D eigenvalue weighted by molar-refractivity contribution is -0.157. The number of ether oxygens (including phenoxy) is 2. The number of aryl methyl sites for hydroxylation is 2. The minimum atomic E-state index is -0.862. The average molecular weight is 345 g/mol. The summed E-state index contributed by atoms with van der Waals surface area (Å²) in [5, 5.41) is 9.77. The molecular weight excluding hydrogens is 322 g/mol. The van der Waals surface area contributed by atoms with E-state index in [1.807, 2.05) is 26.0 Å². The zero-order chi connectivity index (χ0) is 17.8. The Labute approximate surface area is 146 Å². The Hall–Kier alpha value is -2.08. The molecule has 2 saturated heterocycles. The average Bonchev–Trinajstić information content (AvgIpc) is 3.17. The second kappa shape index (κ2) is 5.73. The molecule has 3 heterocycles. The van der Waals surface area contributed by atoms with Crippen molar-refractivity contribution in [3.63, 3.8) is 0 Å². The first-order valence-electron chi connectivity index (χ1n) is 8.76. The summed E-state index contributed by atoms with van der Waals surface area (Å²) in [6.45, 7) is 5.94. The van der Waals surface area contributed by atoms with E-state index in [0.29, 0.717) is 32.8 Å². The number of carbonyl (C=O) groups is 2. The molecule has 1 unspecified atom stereocenters. The third-order valence-electron chi connectivity index (χ3n) is 6.15. The number of nitrogens with zero attached hydrogens (tertiary/aromatic N) is 1. The van der Waals surface area contributed by atoms with Crippen LogP contribution in [0.2, 0.25) is 0 Å². The van der Waals surface area contributed by atoms with Crippen molar-refractivity contribution < 1.29 is 24.2 Å². The number of aliphatic carboxylic acids is 1. The van der Waals surface area contributed by atoms with Crippen molar-refractivity contribution in [1.82, 2.24) is 4.90 Å². The Morgan fingerprint density at radius 3 is 2.72 bits per heavy atom. The molecule has 2 fully saturated rings. The number of carboxylic acids is 1. The molecule has 1 amide bonds. The van der Waals surface area contributed by atoms with Crippen LogP contribution in [0.1, 0.15) is 29.0 Å². The van der Waals surface area contributed by atoms with Gasteiger partial charge in [-0.15, -0.1) is 0 Å². The Kier molecular flexibility index (Phi) is 3.76. The molecule has 1 aromatic carbocycles. The van der Waals surface area contributed by atoms with Crippen molar-refractivity contribution in [2.75, 3.05) is 32.9 Å². The van der Waals surface area contributed by atoms with Gasteiger partial charge in [-0.3, -0.25) is 9.59 Å². The van der Waals surface area contributed by atoms with Crippen LogP contribution in [-0.4, -0.2) is 54.8 Å². The van der Waals surface area contributed by atoms with Crippen molar-refractivity contribution in [3.8, 4) is 5.75 Å². The monoisotopic (exact) mass is 345 g/mol. The summed E-state index contributed by atoms with van der Waals surface area (Å²) in [6, 6.07) is 4.01. The second-order valence-electron chi connectivity index (χ2n) is 7.54. The molecule has 3 aliphatic heterocycles. The lowest BCUT2D eigenvalue weighted by atomic mass is 9.74. The van der Waals surface area contributed by atoms with Crippen LogP contribution in [0.4, 0.5) is 0 Å².